The minimum atomic E-state index is -1.11. The molecule has 7 heteroatoms. The number of nitrogens with zero attached hydrogens (tertiary/aromatic N) is 3. The van der Waals surface area contributed by atoms with E-state index in [4.69, 9.17) is 4.98 Å². The van der Waals surface area contributed by atoms with E-state index in [0.717, 1.165) is 16.7 Å². The summed E-state index contributed by atoms with van der Waals surface area (Å²) >= 11 is 0. The average Bonchev–Trinajstić information content (AvgIpc) is 3.50. The highest BCUT2D eigenvalue weighted by Crippen LogP contribution is 2.56. The van der Waals surface area contributed by atoms with Gasteiger partial charge in [0.15, 0.2) is 0 Å². The summed E-state index contributed by atoms with van der Waals surface area (Å²) < 4.78 is 1.64. The fourth-order valence-corrected chi connectivity index (χ4v) is 6.94. The molecule has 1 N–H and O–H groups in total. The number of nitrogens with one attached hydrogen (secondary N) is 1. The highest BCUT2D eigenvalue weighted by Gasteiger charge is 2.70. The molecule has 2 amide bonds. The van der Waals surface area contributed by atoms with Crippen LogP contribution in [0.4, 0.5) is 5.69 Å². The number of para-hydroxylation sites is 2. The Labute approximate surface area is 220 Å². The number of aryl methyl sites for hydroxylation is 1. The second-order valence-corrected chi connectivity index (χ2v) is 11.1. The molecule has 0 bridgehead atoms. The number of hydrogen-bond acceptors (Lipinski definition) is 5. The SMILES string of the molecule is Cc1cccc(N2C(=O)[C@@H]3[C@H](C(C)C)N[C@@]4(c5ccccc5-n5c4nc4ccccc4c5=O)[C@H]3C2=O)c1C. The summed E-state index contributed by atoms with van der Waals surface area (Å²) in [4.78, 5) is 49.0. The molecular formula is C31H28N4O3. The third kappa shape index (κ3) is 2.67. The van der Waals surface area contributed by atoms with E-state index in [0.29, 0.717) is 28.1 Å². The molecule has 7 nitrogen and oxygen atoms in total. The second-order valence-electron chi connectivity index (χ2n) is 11.1. The van der Waals surface area contributed by atoms with Crippen LogP contribution in [0.2, 0.25) is 0 Å². The molecule has 190 valence electrons. The van der Waals surface area contributed by atoms with Crippen molar-refractivity contribution in [1.29, 1.82) is 0 Å². The molecule has 7 rings (SSSR count). The van der Waals surface area contributed by atoms with Gasteiger partial charge in [0.2, 0.25) is 11.8 Å². The van der Waals surface area contributed by atoms with Crippen LogP contribution in [-0.2, 0) is 15.1 Å². The first-order valence-electron chi connectivity index (χ1n) is 13.1. The molecule has 1 aromatic heterocycles. The predicted molar refractivity (Wildman–Crippen MR) is 145 cm³/mol. The highest BCUT2D eigenvalue weighted by atomic mass is 16.2. The molecule has 0 radical (unpaired) electrons. The largest absolute Gasteiger partial charge is 0.296 e. The zero-order valence-electron chi connectivity index (χ0n) is 21.7. The quantitative estimate of drug-likeness (QED) is 0.418. The Morgan fingerprint density at radius 1 is 0.868 bits per heavy atom. The van der Waals surface area contributed by atoms with Crippen molar-refractivity contribution < 1.29 is 9.59 Å². The van der Waals surface area contributed by atoms with E-state index in [1.54, 1.807) is 10.6 Å². The van der Waals surface area contributed by atoms with Crippen molar-refractivity contribution in [3.05, 3.63) is 99.6 Å². The van der Waals surface area contributed by atoms with Crippen molar-refractivity contribution in [2.24, 2.45) is 17.8 Å². The standard InChI is InChI=1S/C31H28N4O3/c1-16(2)26-24-25(29(38)34(28(24)37)22-15-9-10-17(3)18(22)4)31(33-26)20-12-6-8-14-23(20)35-27(36)19-11-5-7-13-21(19)32-30(31)35/h5-16,24-26,33H,1-4H3/t24-,25+,26-,31-/m0/s1. The Balaban J connectivity index is 1.54. The van der Waals surface area contributed by atoms with Crippen LogP contribution in [0, 0.1) is 31.6 Å². The molecular weight excluding hydrogens is 476 g/mol. The number of amides is 2. The third-order valence-electron chi connectivity index (χ3n) is 8.83. The molecule has 0 aliphatic carbocycles. The van der Waals surface area contributed by atoms with Gasteiger partial charge in [-0.3, -0.25) is 24.3 Å². The second kappa shape index (κ2) is 7.71. The molecule has 3 aromatic carbocycles. The van der Waals surface area contributed by atoms with Crippen molar-refractivity contribution in [3.63, 3.8) is 0 Å². The van der Waals surface area contributed by atoms with Gasteiger partial charge in [0.1, 0.15) is 11.4 Å². The van der Waals surface area contributed by atoms with Gasteiger partial charge in [-0.25, -0.2) is 9.88 Å². The van der Waals surface area contributed by atoms with Crippen LogP contribution in [0.1, 0.15) is 36.4 Å². The average molecular weight is 505 g/mol. The maximum atomic E-state index is 14.5. The number of hydrogen-bond donors (Lipinski definition) is 1. The lowest BCUT2D eigenvalue weighted by Crippen LogP contribution is -2.51. The number of anilines is 1. The molecule has 3 aliphatic heterocycles. The van der Waals surface area contributed by atoms with Crippen molar-refractivity contribution >= 4 is 28.4 Å². The molecule has 2 fully saturated rings. The Morgan fingerprint density at radius 3 is 2.37 bits per heavy atom. The van der Waals surface area contributed by atoms with Crippen LogP contribution in [0.25, 0.3) is 16.6 Å². The minimum Gasteiger partial charge on any atom is -0.296 e. The number of rotatable bonds is 2. The Hall–Kier alpha value is -4.10. The maximum absolute atomic E-state index is 14.5. The normalized spacial score (nSPS) is 25.5. The first kappa shape index (κ1) is 23.0. The third-order valence-corrected chi connectivity index (χ3v) is 8.83. The van der Waals surface area contributed by atoms with Crippen molar-refractivity contribution in [2.45, 2.75) is 39.3 Å². The lowest BCUT2D eigenvalue weighted by molar-refractivity contribution is -0.123. The molecule has 1 spiro atoms. The van der Waals surface area contributed by atoms with Crippen molar-refractivity contribution in [3.8, 4) is 5.69 Å². The summed E-state index contributed by atoms with van der Waals surface area (Å²) in [6.45, 7) is 8.05. The number of carbonyl (C=O) groups is 2. The fraction of sp³-hybridized carbons (Fsp3) is 0.290. The van der Waals surface area contributed by atoms with Gasteiger partial charge in [0.05, 0.1) is 34.1 Å². The first-order valence-corrected chi connectivity index (χ1v) is 13.1. The monoisotopic (exact) mass is 504 g/mol. The molecule has 4 heterocycles. The Morgan fingerprint density at radius 2 is 1.58 bits per heavy atom. The smallest absolute Gasteiger partial charge is 0.266 e. The lowest BCUT2D eigenvalue weighted by Gasteiger charge is -2.32. The number of aromatic nitrogens is 2. The lowest BCUT2D eigenvalue weighted by atomic mass is 9.75. The fourth-order valence-electron chi connectivity index (χ4n) is 6.94. The van der Waals surface area contributed by atoms with Gasteiger partial charge in [0.25, 0.3) is 5.56 Å². The van der Waals surface area contributed by atoms with E-state index < -0.39 is 17.4 Å². The highest BCUT2D eigenvalue weighted by molar-refractivity contribution is 6.23. The van der Waals surface area contributed by atoms with Crippen molar-refractivity contribution in [2.75, 3.05) is 4.90 Å². The number of benzene rings is 3. The number of fused-ring (bicyclic) bond motifs is 8. The predicted octanol–water partition coefficient (Wildman–Crippen LogP) is 3.99. The van der Waals surface area contributed by atoms with E-state index in [9.17, 15) is 14.4 Å². The Bertz CT molecular complexity index is 1760. The van der Waals surface area contributed by atoms with E-state index in [-0.39, 0.29) is 29.3 Å². The van der Waals surface area contributed by atoms with Crippen LogP contribution in [0.5, 0.6) is 0 Å². The summed E-state index contributed by atoms with van der Waals surface area (Å²) in [6, 6.07) is 20.4. The van der Waals surface area contributed by atoms with Crippen molar-refractivity contribution in [1.82, 2.24) is 14.9 Å². The summed E-state index contributed by atoms with van der Waals surface area (Å²) in [7, 11) is 0. The van der Waals surface area contributed by atoms with Gasteiger partial charge < -0.3 is 0 Å². The van der Waals surface area contributed by atoms with E-state index in [2.05, 4.69) is 19.2 Å². The van der Waals surface area contributed by atoms with Gasteiger partial charge in [-0.05, 0) is 55.2 Å². The molecule has 0 unspecified atom stereocenters. The summed E-state index contributed by atoms with van der Waals surface area (Å²) in [5.74, 6) is -1.25. The molecule has 0 saturated carbocycles. The van der Waals surface area contributed by atoms with Crippen LogP contribution >= 0.6 is 0 Å². The van der Waals surface area contributed by atoms with E-state index >= 15 is 0 Å². The van der Waals surface area contributed by atoms with Crippen LogP contribution < -0.4 is 15.8 Å². The van der Waals surface area contributed by atoms with Crippen LogP contribution in [0.3, 0.4) is 0 Å². The van der Waals surface area contributed by atoms with Gasteiger partial charge >= 0.3 is 0 Å². The van der Waals surface area contributed by atoms with Gasteiger partial charge in [-0.2, -0.15) is 0 Å². The topological polar surface area (TPSA) is 84.3 Å². The minimum absolute atomic E-state index is 0.0607. The summed E-state index contributed by atoms with van der Waals surface area (Å²) in [6.07, 6.45) is 0. The molecule has 4 atom stereocenters. The first-order chi connectivity index (χ1) is 18.3. The number of carbonyl (C=O) groups excluding carboxylic acids is 2. The van der Waals surface area contributed by atoms with Crippen LogP contribution in [-0.4, -0.2) is 27.4 Å². The zero-order chi connectivity index (χ0) is 26.5. The number of imide groups is 1. The van der Waals surface area contributed by atoms with E-state index in [1.807, 2.05) is 74.5 Å². The molecule has 3 aliphatic rings. The van der Waals surface area contributed by atoms with Gasteiger partial charge in [-0.1, -0.05) is 56.3 Å². The van der Waals surface area contributed by atoms with E-state index in [1.165, 1.54) is 4.90 Å². The Kier molecular flexibility index (Phi) is 4.68. The molecule has 2 saturated heterocycles. The summed E-state index contributed by atoms with van der Waals surface area (Å²) in [5.41, 5.74) is 3.35. The summed E-state index contributed by atoms with van der Waals surface area (Å²) in [5, 5.41) is 4.26. The van der Waals surface area contributed by atoms with Gasteiger partial charge in [0, 0.05) is 11.6 Å². The van der Waals surface area contributed by atoms with Gasteiger partial charge in [-0.15, -0.1) is 0 Å². The molecule has 4 aromatic rings. The maximum Gasteiger partial charge on any atom is 0.266 e. The van der Waals surface area contributed by atoms with Crippen LogP contribution in [0.15, 0.2) is 71.5 Å². The molecule has 38 heavy (non-hydrogen) atoms. The zero-order valence-corrected chi connectivity index (χ0v) is 21.7.